The van der Waals surface area contributed by atoms with Crippen LogP contribution < -0.4 is 0 Å². The second-order valence-electron chi connectivity index (χ2n) is 4.17. The summed E-state index contributed by atoms with van der Waals surface area (Å²) in [5.41, 5.74) is 0. The zero-order valence-electron chi connectivity index (χ0n) is 8.97. The van der Waals surface area contributed by atoms with E-state index in [9.17, 15) is 18.0 Å². The number of hydrogen-bond acceptors (Lipinski definition) is 1. The number of aliphatic carboxylic acids is 1. The molecule has 1 atom stereocenters. The van der Waals surface area contributed by atoms with Crippen molar-refractivity contribution in [1.82, 2.24) is 0 Å². The minimum Gasteiger partial charge on any atom is -0.481 e. The van der Waals surface area contributed by atoms with Crippen LogP contribution in [0.15, 0.2) is 0 Å². The molecular formula is C10H17F3O2. The molecule has 0 saturated carbocycles. The highest BCUT2D eigenvalue weighted by atomic mass is 19.4. The fourth-order valence-corrected chi connectivity index (χ4v) is 1.46. The molecule has 0 aliphatic rings. The van der Waals surface area contributed by atoms with E-state index in [1.54, 1.807) is 0 Å². The van der Waals surface area contributed by atoms with Crippen molar-refractivity contribution in [2.75, 3.05) is 0 Å². The minimum absolute atomic E-state index is 0.104. The van der Waals surface area contributed by atoms with E-state index in [0.29, 0.717) is 6.42 Å². The molecule has 5 heteroatoms. The lowest BCUT2D eigenvalue weighted by molar-refractivity contribution is -0.145. The standard InChI is InChI=1S/C10H17F3O2/c1-7(2)6-8(9(14)15)4-3-5-10(11,12)13/h7-8H,3-6H2,1-2H3,(H,14,15). The SMILES string of the molecule is CC(C)CC(CCCC(F)(F)F)C(=O)O. The van der Waals surface area contributed by atoms with Gasteiger partial charge in [-0.25, -0.2) is 0 Å². The quantitative estimate of drug-likeness (QED) is 0.753. The molecule has 0 aromatic rings. The third kappa shape index (κ3) is 8.27. The molecule has 0 bridgehead atoms. The first-order chi connectivity index (χ1) is 6.72. The third-order valence-corrected chi connectivity index (χ3v) is 2.12. The first-order valence-corrected chi connectivity index (χ1v) is 5.02. The second kappa shape index (κ2) is 5.98. The molecule has 1 unspecified atom stereocenters. The monoisotopic (exact) mass is 226 g/mol. The molecule has 1 N–H and O–H groups in total. The first kappa shape index (κ1) is 14.3. The fraction of sp³-hybridized carbons (Fsp3) is 0.900. The summed E-state index contributed by atoms with van der Waals surface area (Å²) in [6, 6.07) is 0. The Hall–Kier alpha value is -0.740. The molecule has 90 valence electrons. The van der Waals surface area contributed by atoms with Crippen LogP contribution in [0.5, 0.6) is 0 Å². The molecule has 0 aromatic carbocycles. The molecule has 15 heavy (non-hydrogen) atoms. The summed E-state index contributed by atoms with van der Waals surface area (Å²) in [6.45, 7) is 3.72. The first-order valence-electron chi connectivity index (χ1n) is 5.02. The van der Waals surface area contributed by atoms with Crippen LogP contribution in [-0.2, 0) is 4.79 Å². The molecule has 0 rings (SSSR count). The van der Waals surface area contributed by atoms with Crippen LogP contribution in [0.25, 0.3) is 0 Å². The normalized spacial score (nSPS) is 14.3. The Morgan fingerprint density at radius 3 is 2.20 bits per heavy atom. The van der Waals surface area contributed by atoms with Crippen LogP contribution in [0.3, 0.4) is 0 Å². The summed E-state index contributed by atoms with van der Waals surface area (Å²) in [5.74, 6) is -1.45. The summed E-state index contributed by atoms with van der Waals surface area (Å²) in [6.07, 6.45) is -4.64. The summed E-state index contributed by atoms with van der Waals surface area (Å²) in [5, 5.41) is 8.77. The molecule has 0 spiro atoms. The molecule has 0 radical (unpaired) electrons. The molecule has 0 amide bonds. The van der Waals surface area contributed by atoms with Gasteiger partial charge in [0.15, 0.2) is 0 Å². The van der Waals surface area contributed by atoms with Gasteiger partial charge in [-0.05, 0) is 25.2 Å². The van der Waals surface area contributed by atoms with Crippen LogP contribution in [0.2, 0.25) is 0 Å². The van der Waals surface area contributed by atoms with Crippen molar-refractivity contribution >= 4 is 5.97 Å². The van der Waals surface area contributed by atoms with Crippen molar-refractivity contribution in [2.45, 2.75) is 45.7 Å². The van der Waals surface area contributed by atoms with Crippen LogP contribution in [-0.4, -0.2) is 17.3 Å². The molecular weight excluding hydrogens is 209 g/mol. The maximum atomic E-state index is 11.8. The maximum absolute atomic E-state index is 11.8. The van der Waals surface area contributed by atoms with E-state index in [4.69, 9.17) is 5.11 Å². The number of carboxylic acid groups (broad SMARTS) is 1. The van der Waals surface area contributed by atoms with E-state index in [0.717, 1.165) is 0 Å². The zero-order valence-corrected chi connectivity index (χ0v) is 8.97. The lowest BCUT2D eigenvalue weighted by Crippen LogP contribution is -2.17. The van der Waals surface area contributed by atoms with Crippen LogP contribution in [0.1, 0.15) is 39.5 Å². The molecule has 0 heterocycles. The predicted molar refractivity (Wildman–Crippen MR) is 50.5 cm³/mol. The van der Waals surface area contributed by atoms with E-state index in [1.165, 1.54) is 0 Å². The van der Waals surface area contributed by atoms with E-state index in [-0.39, 0.29) is 18.8 Å². The van der Waals surface area contributed by atoms with Crippen LogP contribution in [0.4, 0.5) is 13.2 Å². The molecule has 0 aromatic heterocycles. The van der Waals surface area contributed by atoms with Gasteiger partial charge < -0.3 is 5.11 Å². The van der Waals surface area contributed by atoms with Gasteiger partial charge >= 0.3 is 12.1 Å². The second-order valence-corrected chi connectivity index (χ2v) is 4.17. The van der Waals surface area contributed by atoms with Crippen molar-refractivity contribution in [3.05, 3.63) is 0 Å². The van der Waals surface area contributed by atoms with E-state index in [1.807, 2.05) is 13.8 Å². The number of carbonyl (C=O) groups is 1. The Balaban J connectivity index is 3.92. The van der Waals surface area contributed by atoms with Crippen molar-refractivity contribution in [3.63, 3.8) is 0 Å². The number of rotatable bonds is 6. The van der Waals surface area contributed by atoms with Gasteiger partial charge in [0.05, 0.1) is 5.92 Å². The molecule has 0 fully saturated rings. The van der Waals surface area contributed by atoms with Crippen molar-refractivity contribution < 1.29 is 23.1 Å². The molecule has 2 nitrogen and oxygen atoms in total. The van der Waals surface area contributed by atoms with E-state index in [2.05, 4.69) is 0 Å². The lowest BCUT2D eigenvalue weighted by atomic mass is 9.92. The lowest BCUT2D eigenvalue weighted by Gasteiger charge is -2.14. The largest absolute Gasteiger partial charge is 0.481 e. The highest BCUT2D eigenvalue weighted by Crippen LogP contribution is 2.25. The van der Waals surface area contributed by atoms with Gasteiger partial charge in [0.2, 0.25) is 0 Å². The molecule has 0 saturated heterocycles. The van der Waals surface area contributed by atoms with Gasteiger partial charge in [-0.3, -0.25) is 4.79 Å². The summed E-state index contributed by atoms with van der Waals surface area (Å²) in [4.78, 5) is 10.7. The van der Waals surface area contributed by atoms with Gasteiger partial charge in [-0.1, -0.05) is 13.8 Å². The van der Waals surface area contributed by atoms with Gasteiger partial charge in [-0.15, -0.1) is 0 Å². The van der Waals surface area contributed by atoms with Gasteiger partial charge in [0.1, 0.15) is 0 Å². The average Bonchev–Trinajstić information content (AvgIpc) is 1.99. The van der Waals surface area contributed by atoms with Crippen molar-refractivity contribution in [2.24, 2.45) is 11.8 Å². The Bertz CT molecular complexity index is 199. The highest BCUT2D eigenvalue weighted by Gasteiger charge is 2.28. The highest BCUT2D eigenvalue weighted by molar-refractivity contribution is 5.69. The Labute approximate surface area is 87.5 Å². The zero-order chi connectivity index (χ0) is 12.1. The fourth-order valence-electron chi connectivity index (χ4n) is 1.46. The number of hydrogen-bond donors (Lipinski definition) is 1. The van der Waals surface area contributed by atoms with Crippen molar-refractivity contribution in [1.29, 1.82) is 0 Å². The van der Waals surface area contributed by atoms with Gasteiger partial charge in [-0.2, -0.15) is 13.2 Å². The Kier molecular flexibility index (Phi) is 5.68. The van der Waals surface area contributed by atoms with E-state index >= 15 is 0 Å². The number of carboxylic acids is 1. The van der Waals surface area contributed by atoms with Gasteiger partial charge in [0.25, 0.3) is 0 Å². The summed E-state index contributed by atoms with van der Waals surface area (Å²) >= 11 is 0. The van der Waals surface area contributed by atoms with E-state index < -0.39 is 24.5 Å². The smallest absolute Gasteiger partial charge is 0.389 e. The maximum Gasteiger partial charge on any atom is 0.389 e. The summed E-state index contributed by atoms with van der Waals surface area (Å²) in [7, 11) is 0. The number of alkyl halides is 3. The Morgan fingerprint density at radius 1 is 1.33 bits per heavy atom. The number of halogens is 3. The van der Waals surface area contributed by atoms with Crippen LogP contribution in [0, 0.1) is 11.8 Å². The minimum atomic E-state index is -4.18. The third-order valence-electron chi connectivity index (χ3n) is 2.12. The van der Waals surface area contributed by atoms with Crippen molar-refractivity contribution in [3.8, 4) is 0 Å². The summed E-state index contributed by atoms with van der Waals surface area (Å²) < 4.78 is 35.5. The molecule has 0 aliphatic heterocycles. The van der Waals surface area contributed by atoms with Gasteiger partial charge in [0, 0.05) is 6.42 Å². The van der Waals surface area contributed by atoms with Crippen LogP contribution >= 0.6 is 0 Å². The molecule has 0 aliphatic carbocycles. The topological polar surface area (TPSA) is 37.3 Å². The Morgan fingerprint density at radius 2 is 1.87 bits per heavy atom. The predicted octanol–water partition coefficient (Wildman–Crippen LogP) is 3.47. The average molecular weight is 226 g/mol.